The molecular formula is C17H19Cl2N3O3S2. The molecule has 0 spiro atoms. The van der Waals surface area contributed by atoms with Crippen molar-refractivity contribution in [2.75, 3.05) is 13.1 Å². The van der Waals surface area contributed by atoms with Crippen LogP contribution in [0.4, 0.5) is 0 Å². The molecule has 0 atom stereocenters. The monoisotopic (exact) mass is 447 g/mol. The summed E-state index contributed by atoms with van der Waals surface area (Å²) in [4.78, 5) is 17.7. The van der Waals surface area contributed by atoms with Crippen LogP contribution in [0.5, 0.6) is 0 Å². The average molecular weight is 448 g/mol. The second-order valence-corrected chi connectivity index (χ2v) is 10.5. The lowest BCUT2D eigenvalue weighted by molar-refractivity contribution is -0.126. The zero-order chi connectivity index (χ0) is 19.6. The summed E-state index contributed by atoms with van der Waals surface area (Å²) in [6.45, 7) is 2.92. The fourth-order valence-electron chi connectivity index (χ4n) is 2.98. The second kappa shape index (κ2) is 8.45. The van der Waals surface area contributed by atoms with Crippen molar-refractivity contribution in [3.8, 4) is 0 Å². The summed E-state index contributed by atoms with van der Waals surface area (Å²) in [5, 5.41) is 4.29. The molecular weight excluding hydrogens is 429 g/mol. The van der Waals surface area contributed by atoms with E-state index in [0.717, 1.165) is 9.88 Å². The Kier molecular flexibility index (Phi) is 6.43. The normalized spacial score (nSPS) is 16.4. The van der Waals surface area contributed by atoms with E-state index in [2.05, 4.69) is 10.3 Å². The minimum absolute atomic E-state index is 0.0642. The molecule has 1 N–H and O–H groups in total. The number of carbonyl (C=O) groups is 1. The zero-order valence-electron chi connectivity index (χ0n) is 14.6. The standard InChI is InChI=1S/C17H19Cl2N3O3S2/c1-11-9-20-16(26-11)10-21-17(23)12-2-4-22(5-3-12)27(24,25)15-7-13(18)6-14(19)8-15/h6-9,12H,2-5,10H2,1H3,(H,21,23). The van der Waals surface area contributed by atoms with Gasteiger partial charge >= 0.3 is 0 Å². The van der Waals surface area contributed by atoms with Gasteiger partial charge < -0.3 is 5.32 Å². The topological polar surface area (TPSA) is 79.4 Å². The maximum Gasteiger partial charge on any atom is 0.243 e. The lowest BCUT2D eigenvalue weighted by Crippen LogP contribution is -2.42. The minimum atomic E-state index is -3.68. The number of thiazole rings is 1. The van der Waals surface area contributed by atoms with Gasteiger partial charge in [0.1, 0.15) is 5.01 Å². The highest BCUT2D eigenvalue weighted by molar-refractivity contribution is 7.89. The van der Waals surface area contributed by atoms with Gasteiger partial charge in [-0.05, 0) is 38.0 Å². The average Bonchev–Trinajstić information content (AvgIpc) is 3.04. The van der Waals surface area contributed by atoms with Crippen molar-refractivity contribution in [3.63, 3.8) is 0 Å². The van der Waals surface area contributed by atoms with Gasteiger partial charge in [-0.25, -0.2) is 13.4 Å². The highest BCUT2D eigenvalue weighted by Crippen LogP contribution is 2.28. The first-order valence-corrected chi connectivity index (χ1v) is 11.4. The SMILES string of the molecule is Cc1cnc(CNC(=O)C2CCN(S(=O)(=O)c3cc(Cl)cc(Cl)c3)CC2)s1. The number of rotatable bonds is 5. The van der Waals surface area contributed by atoms with Gasteiger partial charge in [0.2, 0.25) is 15.9 Å². The van der Waals surface area contributed by atoms with E-state index >= 15 is 0 Å². The van der Waals surface area contributed by atoms with E-state index in [-0.39, 0.29) is 39.9 Å². The summed E-state index contributed by atoms with van der Waals surface area (Å²) in [6, 6.07) is 4.26. The molecule has 1 aliphatic rings. The molecule has 1 aromatic heterocycles. The predicted molar refractivity (Wildman–Crippen MR) is 107 cm³/mol. The van der Waals surface area contributed by atoms with E-state index in [0.29, 0.717) is 19.4 Å². The molecule has 0 aliphatic carbocycles. The molecule has 10 heteroatoms. The Morgan fingerprint density at radius 3 is 2.44 bits per heavy atom. The van der Waals surface area contributed by atoms with Gasteiger partial charge in [-0.1, -0.05) is 23.2 Å². The van der Waals surface area contributed by atoms with Crippen molar-refractivity contribution in [1.29, 1.82) is 0 Å². The molecule has 27 heavy (non-hydrogen) atoms. The molecule has 2 aromatic rings. The minimum Gasteiger partial charge on any atom is -0.349 e. The van der Waals surface area contributed by atoms with Crippen LogP contribution in [0.1, 0.15) is 22.7 Å². The van der Waals surface area contributed by atoms with Crippen LogP contribution < -0.4 is 5.32 Å². The summed E-state index contributed by atoms with van der Waals surface area (Å²) in [6.07, 6.45) is 2.71. The first-order valence-electron chi connectivity index (χ1n) is 8.41. The summed E-state index contributed by atoms with van der Waals surface area (Å²) in [7, 11) is -3.68. The van der Waals surface area contributed by atoms with Crippen LogP contribution in [0.3, 0.4) is 0 Å². The fraction of sp³-hybridized carbons (Fsp3) is 0.412. The van der Waals surface area contributed by atoms with Crippen LogP contribution in [0, 0.1) is 12.8 Å². The Labute approximate surface area is 172 Å². The van der Waals surface area contributed by atoms with Crippen molar-refractivity contribution in [2.24, 2.45) is 5.92 Å². The van der Waals surface area contributed by atoms with Crippen molar-refractivity contribution >= 4 is 50.5 Å². The third-order valence-corrected chi connectivity index (χ3v) is 7.61. The van der Waals surface area contributed by atoms with Gasteiger partial charge in [-0.2, -0.15) is 4.31 Å². The Morgan fingerprint density at radius 1 is 1.26 bits per heavy atom. The van der Waals surface area contributed by atoms with E-state index < -0.39 is 10.0 Å². The van der Waals surface area contributed by atoms with Crippen LogP contribution in [-0.4, -0.2) is 36.7 Å². The number of piperidine rings is 1. The van der Waals surface area contributed by atoms with E-state index in [9.17, 15) is 13.2 Å². The molecule has 1 aliphatic heterocycles. The van der Waals surface area contributed by atoms with E-state index in [4.69, 9.17) is 23.2 Å². The van der Waals surface area contributed by atoms with Gasteiger partial charge in [0.25, 0.3) is 0 Å². The molecule has 6 nitrogen and oxygen atoms in total. The first kappa shape index (κ1) is 20.5. The van der Waals surface area contributed by atoms with Crippen molar-refractivity contribution in [1.82, 2.24) is 14.6 Å². The second-order valence-electron chi connectivity index (χ2n) is 6.37. The van der Waals surface area contributed by atoms with Gasteiger partial charge in [0.05, 0.1) is 11.4 Å². The van der Waals surface area contributed by atoms with E-state index in [1.165, 1.54) is 22.5 Å². The number of halogens is 2. The number of amides is 1. The number of nitrogens with one attached hydrogen (secondary N) is 1. The molecule has 1 fully saturated rings. The highest BCUT2D eigenvalue weighted by atomic mass is 35.5. The lowest BCUT2D eigenvalue weighted by atomic mass is 9.97. The van der Waals surface area contributed by atoms with Crippen LogP contribution in [0.15, 0.2) is 29.3 Å². The molecule has 0 unspecified atom stereocenters. The summed E-state index contributed by atoms with van der Waals surface area (Å²) in [5.74, 6) is -0.272. The summed E-state index contributed by atoms with van der Waals surface area (Å²) < 4.78 is 26.9. The molecule has 0 radical (unpaired) electrons. The molecule has 1 saturated heterocycles. The third-order valence-electron chi connectivity index (χ3n) is 4.38. The Bertz CT molecular complexity index is 918. The Balaban J connectivity index is 1.58. The number of carbonyl (C=O) groups excluding carboxylic acids is 1. The number of aromatic nitrogens is 1. The first-order chi connectivity index (χ1) is 12.8. The van der Waals surface area contributed by atoms with Crippen LogP contribution in [-0.2, 0) is 21.4 Å². The Hall–Kier alpha value is -1.19. The third kappa shape index (κ3) is 5.00. The van der Waals surface area contributed by atoms with Gasteiger partial charge in [-0.15, -0.1) is 11.3 Å². The van der Waals surface area contributed by atoms with Gasteiger partial charge in [0, 0.05) is 40.1 Å². The number of hydrogen-bond acceptors (Lipinski definition) is 5. The number of nitrogens with zero attached hydrogens (tertiary/aromatic N) is 2. The zero-order valence-corrected chi connectivity index (χ0v) is 17.8. The van der Waals surface area contributed by atoms with Crippen LogP contribution in [0.2, 0.25) is 10.0 Å². The maximum absolute atomic E-state index is 12.8. The van der Waals surface area contributed by atoms with Crippen LogP contribution >= 0.6 is 34.5 Å². The predicted octanol–water partition coefficient (Wildman–Crippen LogP) is 3.48. The number of sulfonamides is 1. The Morgan fingerprint density at radius 2 is 1.89 bits per heavy atom. The smallest absolute Gasteiger partial charge is 0.243 e. The molecule has 2 heterocycles. The number of hydrogen-bond donors (Lipinski definition) is 1. The van der Waals surface area contributed by atoms with Crippen molar-refractivity contribution in [2.45, 2.75) is 31.2 Å². The van der Waals surface area contributed by atoms with Crippen molar-refractivity contribution in [3.05, 3.63) is 44.3 Å². The molecule has 1 aromatic carbocycles. The summed E-state index contributed by atoms with van der Waals surface area (Å²) >= 11 is 13.4. The number of aryl methyl sites for hydroxylation is 1. The van der Waals surface area contributed by atoms with E-state index in [1.54, 1.807) is 17.5 Å². The lowest BCUT2D eigenvalue weighted by Gasteiger charge is -2.30. The largest absolute Gasteiger partial charge is 0.349 e. The molecule has 146 valence electrons. The molecule has 3 rings (SSSR count). The van der Waals surface area contributed by atoms with Gasteiger partial charge in [0.15, 0.2) is 0 Å². The van der Waals surface area contributed by atoms with E-state index in [1.807, 2.05) is 6.92 Å². The van der Waals surface area contributed by atoms with Crippen molar-refractivity contribution < 1.29 is 13.2 Å². The molecule has 1 amide bonds. The quantitative estimate of drug-likeness (QED) is 0.760. The maximum atomic E-state index is 12.8. The van der Waals surface area contributed by atoms with Crippen LogP contribution in [0.25, 0.3) is 0 Å². The van der Waals surface area contributed by atoms with Gasteiger partial charge in [-0.3, -0.25) is 4.79 Å². The highest BCUT2D eigenvalue weighted by Gasteiger charge is 2.32. The molecule has 0 bridgehead atoms. The number of benzene rings is 1. The molecule has 0 saturated carbocycles. The summed E-state index contributed by atoms with van der Waals surface area (Å²) in [5.41, 5.74) is 0. The fourth-order valence-corrected chi connectivity index (χ4v) is 5.90.